The zero-order valence-electron chi connectivity index (χ0n) is 7.48. The Bertz CT molecular complexity index is 110. The Morgan fingerprint density at radius 2 is 1.50 bits per heavy atom. The van der Waals surface area contributed by atoms with E-state index in [9.17, 15) is 0 Å². The van der Waals surface area contributed by atoms with Gasteiger partial charge in [-0.05, 0) is 25.4 Å². The third-order valence-corrected chi connectivity index (χ3v) is 8.19. The van der Waals surface area contributed by atoms with Gasteiger partial charge >= 0.3 is 0 Å². The summed E-state index contributed by atoms with van der Waals surface area (Å²) in [4.78, 5) is 0. The highest BCUT2D eigenvalue weighted by Crippen LogP contribution is 2.60. The summed E-state index contributed by atoms with van der Waals surface area (Å²) in [7, 11) is -0.241. The number of rotatable bonds is 2. The molecule has 10 heavy (non-hydrogen) atoms. The average Bonchev–Trinajstić information content (AvgIpc) is 1.91. The van der Waals surface area contributed by atoms with Crippen LogP contribution in [0.5, 0.6) is 0 Å². The van der Waals surface area contributed by atoms with E-state index in [1.165, 1.54) is 11.5 Å². The fraction of sp³-hybridized carbons (Fsp3) is 1.00. The number of hydrogen-bond acceptors (Lipinski definition) is 1. The molecule has 0 aromatic carbocycles. The molecule has 2 heteroatoms. The van der Waals surface area contributed by atoms with Gasteiger partial charge in [0.05, 0.1) is 0 Å². The van der Waals surface area contributed by atoms with E-state index in [1.54, 1.807) is 0 Å². The summed E-state index contributed by atoms with van der Waals surface area (Å²) in [5.41, 5.74) is 0. The van der Waals surface area contributed by atoms with Gasteiger partial charge in [-0.2, -0.15) is 0 Å². The van der Waals surface area contributed by atoms with Crippen molar-refractivity contribution < 1.29 is 0 Å². The molecule has 0 aromatic rings. The fourth-order valence-electron chi connectivity index (χ4n) is 2.04. The first kappa shape index (κ1) is 8.41. The third kappa shape index (κ3) is 0.892. The highest BCUT2D eigenvalue weighted by molar-refractivity contribution is 8.35. The van der Waals surface area contributed by atoms with Crippen LogP contribution in [0.25, 0.3) is 0 Å². The standard InChI is InChI=1S/C8H19NS/c1-5-10(6-2)7(3)9-8(10)4/h7-9H,5-6H2,1-4H3. The quantitative estimate of drug-likeness (QED) is 0.654. The first-order chi connectivity index (χ1) is 4.67. The second-order valence-electron chi connectivity index (χ2n) is 3.04. The van der Waals surface area contributed by atoms with Crippen LogP contribution in [0, 0.1) is 0 Å². The summed E-state index contributed by atoms with van der Waals surface area (Å²) in [5, 5.41) is 5.17. The topological polar surface area (TPSA) is 12.0 Å². The van der Waals surface area contributed by atoms with Crippen molar-refractivity contribution in [3.05, 3.63) is 0 Å². The molecule has 1 saturated heterocycles. The predicted molar refractivity (Wildman–Crippen MR) is 50.7 cm³/mol. The molecule has 1 nitrogen and oxygen atoms in total. The van der Waals surface area contributed by atoms with E-state index in [2.05, 4.69) is 33.0 Å². The van der Waals surface area contributed by atoms with E-state index in [4.69, 9.17) is 0 Å². The SMILES string of the molecule is CCS1(CC)C(C)NC1C. The predicted octanol–water partition coefficient (Wildman–Crippen LogP) is 2.13. The van der Waals surface area contributed by atoms with E-state index in [1.807, 2.05) is 0 Å². The van der Waals surface area contributed by atoms with Gasteiger partial charge in [0.15, 0.2) is 0 Å². The van der Waals surface area contributed by atoms with Gasteiger partial charge in [-0.25, -0.2) is 10.0 Å². The maximum Gasteiger partial charge on any atom is 0.0369 e. The fourth-order valence-corrected chi connectivity index (χ4v) is 5.79. The minimum atomic E-state index is -0.241. The lowest BCUT2D eigenvalue weighted by Gasteiger charge is -2.59. The molecule has 1 fully saturated rings. The van der Waals surface area contributed by atoms with Crippen molar-refractivity contribution in [3.8, 4) is 0 Å². The van der Waals surface area contributed by atoms with Crippen molar-refractivity contribution >= 4 is 10.0 Å². The van der Waals surface area contributed by atoms with Crippen LogP contribution >= 0.6 is 10.0 Å². The summed E-state index contributed by atoms with van der Waals surface area (Å²) in [6.45, 7) is 9.35. The van der Waals surface area contributed by atoms with Crippen LogP contribution in [-0.2, 0) is 0 Å². The molecule has 2 unspecified atom stereocenters. The summed E-state index contributed by atoms with van der Waals surface area (Å²) >= 11 is 0. The van der Waals surface area contributed by atoms with Gasteiger partial charge in [0.2, 0.25) is 0 Å². The van der Waals surface area contributed by atoms with Gasteiger partial charge in [-0.1, -0.05) is 13.8 Å². The van der Waals surface area contributed by atoms with E-state index < -0.39 is 0 Å². The minimum absolute atomic E-state index is 0.241. The Morgan fingerprint density at radius 3 is 1.60 bits per heavy atom. The van der Waals surface area contributed by atoms with Crippen LogP contribution in [0.1, 0.15) is 27.7 Å². The minimum Gasteiger partial charge on any atom is -0.297 e. The van der Waals surface area contributed by atoms with Crippen molar-refractivity contribution in [2.75, 3.05) is 11.5 Å². The van der Waals surface area contributed by atoms with Gasteiger partial charge < -0.3 is 0 Å². The van der Waals surface area contributed by atoms with Crippen LogP contribution in [0.3, 0.4) is 0 Å². The van der Waals surface area contributed by atoms with Crippen molar-refractivity contribution in [1.29, 1.82) is 0 Å². The smallest absolute Gasteiger partial charge is 0.0369 e. The number of nitrogens with one attached hydrogen (secondary N) is 1. The third-order valence-electron chi connectivity index (χ3n) is 2.95. The highest BCUT2D eigenvalue weighted by atomic mass is 32.3. The summed E-state index contributed by atoms with van der Waals surface area (Å²) in [5.74, 6) is 2.80. The van der Waals surface area contributed by atoms with Gasteiger partial charge in [-0.3, -0.25) is 5.32 Å². The molecule has 1 N–H and O–H groups in total. The first-order valence-corrected chi connectivity index (χ1v) is 6.29. The zero-order valence-corrected chi connectivity index (χ0v) is 8.29. The van der Waals surface area contributed by atoms with E-state index in [-0.39, 0.29) is 10.0 Å². The van der Waals surface area contributed by atoms with Gasteiger partial charge in [0.25, 0.3) is 0 Å². The molecule has 0 radical (unpaired) electrons. The molecular formula is C8H19NS. The lowest BCUT2D eigenvalue weighted by molar-refractivity contribution is 0.595. The zero-order chi connectivity index (χ0) is 7.78. The van der Waals surface area contributed by atoms with Crippen LogP contribution < -0.4 is 5.32 Å². The molecule has 0 spiro atoms. The Labute approximate surface area is 65.9 Å². The molecule has 0 aliphatic carbocycles. The molecular weight excluding hydrogens is 142 g/mol. The summed E-state index contributed by atoms with van der Waals surface area (Å²) < 4.78 is 0. The van der Waals surface area contributed by atoms with Crippen LogP contribution in [0.2, 0.25) is 0 Å². The van der Waals surface area contributed by atoms with Crippen LogP contribution in [0.15, 0.2) is 0 Å². The molecule has 1 heterocycles. The first-order valence-electron chi connectivity index (χ1n) is 4.20. The van der Waals surface area contributed by atoms with Crippen molar-refractivity contribution in [3.63, 3.8) is 0 Å². The molecule has 0 aromatic heterocycles. The molecule has 62 valence electrons. The van der Waals surface area contributed by atoms with Crippen molar-refractivity contribution in [1.82, 2.24) is 5.32 Å². The molecule has 1 aliphatic rings. The molecule has 0 amide bonds. The molecule has 0 bridgehead atoms. The van der Waals surface area contributed by atoms with Gasteiger partial charge in [0.1, 0.15) is 0 Å². The molecule has 1 rings (SSSR count). The molecule has 1 aliphatic heterocycles. The summed E-state index contributed by atoms with van der Waals surface area (Å²) in [6.07, 6.45) is 0. The lowest BCUT2D eigenvalue weighted by atomic mass is 10.6. The van der Waals surface area contributed by atoms with E-state index >= 15 is 0 Å². The Morgan fingerprint density at radius 1 is 1.10 bits per heavy atom. The maximum atomic E-state index is 3.54. The second kappa shape index (κ2) is 2.74. The van der Waals surface area contributed by atoms with Gasteiger partial charge in [-0.15, -0.1) is 0 Å². The van der Waals surface area contributed by atoms with E-state index in [0.717, 1.165) is 10.7 Å². The Hall–Kier alpha value is 0.310. The summed E-state index contributed by atoms with van der Waals surface area (Å²) in [6, 6.07) is 0. The lowest BCUT2D eigenvalue weighted by Crippen LogP contribution is -2.56. The largest absolute Gasteiger partial charge is 0.297 e. The van der Waals surface area contributed by atoms with Crippen LogP contribution in [0.4, 0.5) is 0 Å². The van der Waals surface area contributed by atoms with Crippen LogP contribution in [-0.4, -0.2) is 22.3 Å². The normalized spacial score (nSPS) is 40.4. The molecule has 0 saturated carbocycles. The Balaban J connectivity index is 2.61. The van der Waals surface area contributed by atoms with Gasteiger partial charge in [0, 0.05) is 10.7 Å². The second-order valence-corrected chi connectivity index (χ2v) is 7.62. The maximum absolute atomic E-state index is 3.54. The Kier molecular flexibility index (Phi) is 2.31. The number of hydrogen-bond donors (Lipinski definition) is 1. The average molecular weight is 161 g/mol. The highest BCUT2D eigenvalue weighted by Gasteiger charge is 2.41. The monoisotopic (exact) mass is 161 g/mol. The molecule has 2 atom stereocenters. The van der Waals surface area contributed by atoms with Crippen molar-refractivity contribution in [2.24, 2.45) is 0 Å². The van der Waals surface area contributed by atoms with Crippen molar-refractivity contribution in [2.45, 2.75) is 38.4 Å². The van der Waals surface area contributed by atoms with E-state index in [0.29, 0.717) is 0 Å².